The summed E-state index contributed by atoms with van der Waals surface area (Å²) in [7, 11) is 0. The Labute approximate surface area is 110 Å². The molecule has 0 aliphatic carbocycles. The van der Waals surface area contributed by atoms with Gasteiger partial charge in [-0.05, 0) is 13.3 Å². The Morgan fingerprint density at radius 2 is 2.16 bits per heavy atom. The molecule has 0 aromatic carbocycles. The lowest BCUT2D eigenvalue weighted by Gasteiger charge is -2.12. The van der Waals surface area contributed by atoms with E-state index in [-0.39, 0.29) is 13.1 Å². The maximum atomic E-state index is 11.4. The third kappa shape index (κ3) is 5.36. The lowest BCUT2D eigenvalue weighted by Crippen LogP contribution is -2.39. The van der Waals surface area contributed by atoms with Gasteiger partial charge >= 0.3 is 12.0 Å². The number of hydrogen-bond acceptors (Lipinski definition) is 5. The van der Waals surface area contributed by atoms with Crippen LogP contribution in [-0.2, 0) is 11.3 Å². The smallest absolute Gasteiger partial charge is 0.315 e. The van der Waals surface area contributed by atoms with Gasteiger partial charge < -0.3 is 20.3 Å². The van der Waals surface area contributed by atoms with Crippen LogP contribution < -0.4 is 10.6 Å². The summed E-state index contributed by atoms with van der Waals surface area (Å²) in [4.78, 5) is 26.2. The van der Waals surface area contributed by atoms with Crippen molar-refractivity contribution in [1.29, 1.82) is 0 Å². The fourth-order valence-electron chi connectivity index (χ4n) is 1.51. The van der Waals surface area contributed by atoms with E-state index in [1.807, 2.05) is 6.92 Å². The van der Waals surface area contributed by atoms with Crippen molar-refractivity contribution in [3.8, 4) is 0 Å². The number of aliphatic carboxylic acids is 1. The van der Waals surface area contributed by atoms with E-state index in [2.05, 4.69) is 20.8 Å². The molecule has 1 rings (SSSR count). The Morgan fingerprint density at radius 3 is 2.68 bits per heavy atom. The van der Waals surface area contributed by atoms with E-state index >= 15 is 0 Å². The number of amides is 2. The number of carboxylic acid groups (broad SMARTS) is 1. The van der Waals surface area contributed by atoms with Crippen LogP contribution in [0.25, 0.3) is 0 Å². The maximum absolute atomic E-state index is 11.4. The Kier molecular flexibility index (Phi) is 5.77. The zero-order chi connectivity index (χ0) is 14.3. The van der Waals surface area contributed by atoms with Crippen LogP contribution in [-0.4, -0.2) is 33.8 Å². The Balaban J connectivity index is 2.28. The first-order chi connectivity index (χ1) is 9.02. The van der Waals surface area contributed by atoms with Gasteiger partial charge in [-0.25, -0.2) is 4.79 Å². The van der Waals surface area contributed by atoms with E-state index in [4.69, 9.17) is 9.63 Å². The zero-order valence-corrected chi connectivity index (χ0v) is 11.0. The van der Waals surface area contributed by atoms with Crippen molar-refractivity contribution >= 4 is 12.0 Å². The second-order valence-electron chi connectivity index (χ2n) is 4.12. The Bertz CT molecular complexity index is 432. The molecule has 1 aromatic rings. The van der Waals surface area contributed by atoms with Gasteiger partial charge in [-0.3, -0.25) is 4.79 Å². The van der Waals surface area contributed by atoms with Crippen molar-refractivity contribution in [1.82, 2.24) is 20.8 Å². The molecule has 0 bridgehead atoms. The number of nitrogens with zero attached hydrogens (tertiary/aromatic N) is 2. The number of carboxylic acids is 1. The van der Waals surface area contributed by atoms with Crippen LogP contribution in [0, 0.1) is 12.8 Å². The molecule has 0 fully saturated rings. The van der Waals surface area contributed by atoms with Crippen molar-refractivity contribution in [3.05, 3.63) is 11.7 Å². The number of carbonyl (C=O) groups excluding carboxylic acids is 1. The van der Waals surface area contributed by atoms with Gasteiger partial charge in [0, 0.05) is 6.54 Å². The topological polar surface area (TPSA) is 117 Å². The Morgan fingerprint density at radius 1 is 1.42 bits per heavy atom. The van der Waals surface area contributed by atoms with Crippen LogP contribution in [0.3, 0.4) is 0 Å². The van der Waals surface area contributed by atoms with Gasteiger partial charge in [0.05, 0.1) is 12.5 Å². The number of nitrogens with one attached hydrogen (secondary N) is 2. The summed E-state index contributed by atoms with van der Waals surface area (Å²) in [5.41, 5.74) is 0. The fourth-order valence-corrected chi connectivity index (χ4v) is 1.51. The molecule has 0 aliphatic rings. The highest BCUT2D eigenvalue weighted by molar-refractivity contribution is 5.75. The van der Waals surface area contributed by atoms with E-state index in [1.165, 1.54) is 0 Å². The van der Waals surface area contributed by atoms with E-state index < -0.39 is 17.9 Å². The molecule has 1 heterocycles. The van der Waals surface area contributed by atoms with Gasteiger partial charge in [0.25, 0.3) is 0 Å². The molecule has 1 unspecified atom stereocenters. The molecule has 0 radical (unpaired) electrons. The molecule has 0 spiro atoms. The minimum Gasteiger partial charge on any atom is -0.481 e. The highest BCUT2D eigenvalue weighted by atomic mass is 16.5. The van der Waals surface area contributed by atoms with Gasteiger partial charge in [0.1, 0.15) is 0 Å². The number of aromatic nitrogens is 2. The van der Waals surface area contributed by atoms with Gasteiger partial charge in [0.15, 0.2) is 5.82 Å². The average molecular weight is 270 g/mol. The Hall–Kier alpha value is -2.12. The second kappa shape index (κ2) is 7.34. The zero-order valence-electron chi connectivity index (χ0n) is 11.0. The molecule has 2 amide bonds. The lowest BCUT2D eigenvalue weighted by atomic mass is 10.0. The highest BCUT2D eigenvalue weighted by Gasteiger charge is 2.17. The summed E-state index contributed by atoms with van der Waals surface area (Å²) in [5.74, 6) is -0.682. The number of hydrogen-bond donors (Lipinski definition) is 3. The number of aryl methyl sites for hydroxylation is 1. The molecule has 3 N–H and O–H groups in total. The summed E-state index contributed by atoms with van der Waals surface area (Å²) >= 11 is 0. The third-order valence-electron chi connectivity index (χ3n) is 2.47. The van der Waals surface area contributed by atoms with E-state index in [9.17, 15) is 9.59 Å². The molecule has 0 saturated carbocycles. The van der Waals surface area contributed by atoms with Crippen LogP contribution in [0.15, 0.2) is 4.52 Å². The third-order valence-corrected chi connectivity index (χ3v) is 2.47. The van der Waals surface area contributed by atoms with Gasteiger partial charge in [-0.15, -0.1) is 0 Å². The van der Waals surface area contributed by atoms with Crippen molar-refractivity contribution in [2.45, 2.75) is 33.2 Å². The second-order valence-corrected chi connectivity index (χ2v) is 4.12. The summed E-state index contributed by atoms with van der Waals surface area (Å²) < 4.78 is 4.82. The molecular formula is C11H18N4O4. The minimum atomic E-state index is -0.908. The monoisotopic (exact) mass is 270 g/mol. The van der Waals surface area contributed by atoms with Gasteiger partial charge in [0.2, 0.25) is 5.89 Å². The SMILES string of the molecule is CCCC(CNC(=O)NCc1nc(C)no1)C(=O)O. The predicted molar refractivity (Wildman–Crippen MR) is 65.3 cm³/mol. The average Bonchev–Trinajstić information content (AvgIpc) is 2.77. The maximum Gasteiger partial charge on any atom is 0.315 e. The molecule has 8 heteroatoms. The normalized spacial score (nSPS) is 11.9. The number of carbonyl (C=O) groups is 2. The van der Waals surface area contributed by atoms with Crippen molar-refractivity contribution < 1.29 is 19.2 Å². The summed E-state index contributed by atoms with van der Waals surface area (Å²) in [5, 5.41) is 17.5. The van der Waals surface area contributed by atoms with Crippen molar-refractivity contribution in [2.24, 2.45) is 5.92 Å². The summed E-state index contributed by atoms with van der Waals surface area (Å²) in [6, 6.07) is -0.460. The summed E-state index contributed by atoms with van der Waals surface area (Å²) in [6.45, 7) is 3.78. The van der Waals surface area contributed by atoms with Crippen molar-refractivity contribution in [2.75, 3.05) is 6.54 Å². The van der Waals surface area contributed by atoms with Crippen LogP contribution in [0.4, 0.5) is 4.79 Å². The van der Waals surface area contributed by atoms with E-state index in [1.54, 1.807) is 6.92 Å². The highest BCUT2D eigenvalue weighted by Crippen LogP contribution is 2.04. The quantitative estimate of drug-likeness (QED) is 0.670. The van der Waals surface area contributed by atoms with Crippen LogP contribution in [0.2, 0.25) is 0 Å². The molecule has 8 nitrogen and oxygen atoms in total. The minimum absolute atomic E-state index is 0.0951. The first-order valence-electron chi connectivity index (χ1n) is 6.06. The van der Waals surface area contributed by atoms with Gasteiger partial charge in [-0.2, -0.15) is 4.98 Å². The largest absolute Gasteiger partial charge is 0.481 e. The molecule has 0 saturated heterocycles. The van der Waals surface area contributed by atoms with Crippen LogP contribution in [0.5, 0.6) is 0 Å². The van der Waals surface area contributed by atoms with E-state index in [0.29, 0.717) is 18.1 Å². The standard InChI is InChI=1S/C11H18N4O4/c1-3-4-8(10(16)17)5-12-11(18)13-6-9-14-7(2)15-19-9/h8H,3-6H2,1-2H3,(H,16,17)(H2,12,13,18). The van der Waals surface area contributed by atoms with Crippen LogP contribution >= 0.6 is 0 Å². The number of rotatable bonds is 7. The molecule has 106 valence electrons. The molecule has 0 aliphatic heterocycles. The predicted octanol–water partition coefficient (Wildman–Crippen LogP) is 0.678. The first kappa shape index (κ1) is 14.9. The van der Waals surface area contributed by atoms with Crippen LogP contribution in [0.1, 0.15) is 31.5 Å². The first-order valence-corrected chi connectivity index (χ1v) is 6.06. The lowest BCUT2D eigenvalue weighted by molar-refractivity contribution is -0.141. The van der Waals surface area contributed by atoms with Crippen molar-refractivity contribution in [3.63, 3.8) is 0 Å². The molecule has 19 heavy (non-hydrogen) atoms. The molecule has 1 aromatic heterocycles. The fraction of sp³-hybridized carbons (Fsp3) is 0.636. The molecular weight excluding hydrogens is 252 g/mol. The van der Waals surface area contributed by atoms with Gasteiger partial charge in [-0.1, -0.05) is 18.5 Å². The molecule has 1 atom stereocenters. The van der Waals surface area contributed by atoms with E-state index in [0.717, 1.165) is 6.42 Å². The number of urea groups is 1. The summed E-state index contributed by atoms with van der Waals surface area (Å²) in [6.07, 6.45) is 1.28.